The molecule has 1 heterocycles. The zero-order chi connectivity index (χ0) is 25.1. The average molecular weight is 483 g/mol. The molecule has 0 aliphatic carbocycles. The molecule has 3 rings (SSSR count). The lowest BCUT2D eigenvalue weighted by atomic mass is 9.97. The van der Waals surface area contributed by atoms with E-state index in [0.29, 0.717) is 32.0 Å². The van der Waals surface area contributed by atoms with Gasteiger partial charge in [0.25, 0.3) is 0 Å². The van der Waals surface area contributed by atoms with Crippen LogP contribution in [-0.2, 0) is 15.5 Å². The van der Waals surface area contributed by atoms with Crippen molar-refractivity contribution in [1.29, 1.82) is 5.41 Å². The Labute approximate surface area is 209 Å². The Balaban J connectivity index is 0.000000242. The number of aryl methyl sites for hydroxylation is 1. The van der Waals surface area contributed by atoms with Gasteiger partial charge in [0.05, 0.1) is 10.8 Å². The molecule has 0 bridgehead atoms. The summed E-state index contributed by atoms with van der Waals surface area (Å²) in [7, 11) is -1.30. The number of hydrogen-bond donors (Lipinski definition) is 2. The van der Waals surface area contributed by atoms with E-state index in [0.717, 1.165) is 16.9 Å². The van der Waals surface area contributed by atoms with Crippen LogP contribution in [0.4, 0.5) is 0 Å². The lowest BCUT2D eigenvalue weighted by Gasteiger charge is -2.35. The summed E-state index contributed by atoms with van der Waals surface area (Å²) in [6.45, 7) is 13.9. The number of rotatable bonds is 9. The molecule has 0 amide bonds. The highest BCUT2D eigenvalue weighted by Crippen LogP contribution is 2.31. The first kappa shape index (κ1) is 28.0. The summed E-state index contributed by atoms with van der Waals surface area (Å²) in [5.41, 5.74) is 10.8. The summed E-state index contributed by atoms with van der Waals surface area (Å²) in [6.07, 6.45) is 6.07. The predicted molar refractivity (Wildman–Crippen MR) is 146 cm³/mol. The molecule has 1 aliphatic rings. The number of nitrogens with two attached hydrogens (primary N) is 1. The van der Waals surface area contributed by atoms with Gasteiger partial charge in [-0.25, -0.2) is 0 Å². The first-order valence-corrected chi connectivity index (χ1v) is 13.5. The van der Waals surface area contributed by atoms with Crippen molar-refractivity contribution in [3.8, 4) is 0 Å². The number of allylic oxidation sites excluding steroid dienone is 1. The zero-order valence-corrected chi connectivity index (χ0v) is 22.2. The quantitative estimate of drug-likeness (QED) is 0.230. The Kier molecular flexibility index (Phi) is 11.2. The Morgan fingerprint density at radius 3 is 2.18 bits per heavy atom. The first-order valence-electron chi connectivity index (χ1n) is 12.4. The SMILES string of the molecule is C=C(CCCCC)c1ccc(C(C)C)cc1.Cc1ccc(S(=O)C2(C(=N)N)CCOCC2)cc1. The number of hydrogen-bond acceptors (Lipinski definition) is 3. The van der Waals surface area contributed by atoms with Crippen LogP contribution in [0.25, 0.3) is 5.57 Å². The Morgan fingerprint density at radius 1 is 1.09 bits per heavy atom. The van der Waals surface area contributed by atoms with E-state index in [4.69, 9.17) is 15.9 Å². The van der Waals surface area contributed by atoms with Gasteiger partial charge in [-0.3, -0.25) is 9.62 Å². The van der Waals surface area contributed by atoms with Crippen LogP contribution in [-0.4, -0.2) is 28.0 Å². The molecular formula is C29H42N2O2S. The van der Waals surface area contributed by atoms with Crippen LogP contribution in [0.3, 0.4) is 0 Å². The normalized spacial score (nSPS) is 15.8. The van der Waals surface area contributed by atoms with Crippen molar-refractivity contribution in [1.82, 2.24) is 0 Å². The standard InChI is InChI=1S/C16H24.C13H18N2O2S/c1-5-6-7-8-14(4)16-11-9-15(10-12-16)13(2)3;1-10-2-4-11(5-3-10)18(16)13(12(14)15)6-8-17-9-7-13/h9-13H,4-8H2,1-3H3;2-5H,6-9H2,1H3,(H3,14,15). The molecule has 2 aromatic rings. The topological polar surface area (TPSA) is 76.2 Å². The third-order valence-corrected chi connectivity index (χ3v) is 8.49. The minimum Gasteiger partial charge on any atom is -0.386 e. The molecule has 2 aromatic carbocycles. The summed E-state index contributed by atoms with van der Waals surface area (Å²) in [5.74, 6) is 0.618. The van der Waals surface area contributed by atoms with Gasteiger partial charge in [-0.15, -0.1) is 0 Å². The fourth-order valence-corrected chi connectivity index (χ4v) is 5.55. The van der Waals surface area contributed by atoms with E-state index < -0.39 is 15.5 Å². The van der Waals surface area contributed by atoms with Gasteiger partial charge in [0.15, 0.2) is 0 Å². The Hall–Kier alpha value is -2.24. The van der Waals surface area contributed by atoms with Crippen molar-refractivity contribution in [3.05, 3.63) is 71.8 Å². The lowest BCUT2D eigenvalue weighted by molar-refractivity contribution is 0.0893. The lowest BCUT2D eigenvalue weighted by Crippen LogP contribution is -2.50. The molecule has 1 saturated heterocycles. The highest BCUT2D eigenvalue weighted by Gasteiger charge is 2.42. The van der Waals surface area contributed by atoms with Crippen molar-refractivity contribution in [2.45, 2.75) is 81.8 Å². The highest BCUT2D eigenvalue weighted by atomic mass is 32.2. The van der Waals surface area contributed by atoms with Gasteiger partial charge in [0.2, 0.25) is 0 Å². The van der Waals surface area contributed by atoms with Crippen molar-refractivity contribution >= 4 is 22.2 Å². The molecule has 5 heteroatoms. The van der Waals surface area contributed by atoms with Crippen molar-refractivity contribution in [2.75, 3.05) is 13.2 Å². The van der Waals surface area contributed by atoms with Crippen LogP contribution in [0.2, 0.25) is 0 Å². The monoisotopic (exact) mass is 482 g/mol. The van der Waals surface area contributed by atoms with Crippen LogP contribution in [0.15, 0.2) is 60.0 Å². The van der Waals surface area contributed by atoms with Gasteiger partial charge < -0.3 is 10.5 Å². The maximum absolute atomic E-state index is 12.7. The van der Waals surface area contributed by atoms with Gasteiger partial charge in [-0.05, 0) is 67.4 Å². The van der Waals surface area contributed by atoms with Gasteiger partial charge in [0, 0.05) is 18.1 Å². The van der Waals surface area contributed by atoms with Crippen molar-refractivity contribution < 1.29 is 8.95 Å². The Bertz CT molecular complexity index is 943. The molecule has 1 atom stereocenters. The van der Waals surface area contributed by atoms with Gasteiger partial charge in [-0.2, -0.15) is 0 Å². The zero-order valence-electron chi connectivity index (χ0n) is 21.4. The number of nitrogens with one attached hydrogen (secondary N) is 1. The van der Waals surface area contributed by atoms with E-state index in [9.17, 15) is 4.21 Å². The second-order valence-electron chi connectivity index (χ2n) is 9.44. The molecule has 34 heavy (non-hydrogen) atoms. The molecule has 3 N–H and O–H groups in total. The van der Waals surface area contributed by atoms with Crippen molar-refractivity contribution in [2.24, 2.45) is 5.73 Å². The minimum atomic E-state index is -1.30. The van der Waals surface area contributed by atoms with E-state index in [2.05, 4.69) is 51.6 Å². The van der Waals surface area contributed by atoms with Gasteiger partial charge >= 0.3 is 0 Å². The third-order valence-electron chi connectivity index (χ3n) is 6.45. The van der Waals surface area contributed by atoms with Gasteiger partial charge in [0.1, 0.15) is 10.6 Å². The average Bonchev–Trinajstić information content (AvgIpc) is 2.85. The number of amidine groups is 1. The molecule has 0 spiro atoms. The summed E-state index contributed by atoms with van der Waals surface area (Å²) in [5, 5.41) is 7.79. The smallest absolute Gasteiger partial charge is 0.111 e. The van der Waals surface area contributed by atoms with E-state index in [1.807, 2.05) is 31.2 Å². The summed E-state index contributed by atoms with van der Waals surface area (Å²) >= 11 is 0. The molecule has 0 aromatic heterocycles. The maximum atomic E-state index is 12.7. The molecule has 0 saturated carbocycles. The fraction of sp³-hybridized carbons (Fsp3) is 0.483. The molecule has 4 nitrogen and oxygen atoms in total. The summed E-state index contributed by atoms with van der Waals surface area (Å²) in [4.78, 5) is 0.734. The summed E-state index contributed by atoms with van der Waals surface area (Å²) < 4.78 is 17.2. The fourth-order valence-electron chi connectivity index (χ4n) is 3.98. The number of unbranched alkanes of at least 4 members (excludes halogenated alkanes) is 2. The highest BCUT2D eigenvalue weighted by molar-refractivity contribution is 7.87. The maximum Gasteiger partial charge on any atom is 0.111 e. The first-order chi connectivity index (χ1) is 16.2. The predicted octanol–water partition coefficient (Wildman–Crippen LogP) is 6.99. The van der Waals surface area contributed by atoms with Crippen LogP contribution in [0, 0.1) is 12.3 Å². The van der Waals surface area contributed by atoms with Crippen molar-refractivity contribution in [3.63, 3.8) is 0 Å². The minimum absolute atomic E-state index is 0.00436. The van der Waals surface area contributed by atoms with E-state index in [-0.39, 0.29) is 5.84 Å². The summed E-state index contributed by atoms with van der Waals surface area (Å²) in [6, 6.07) is 16.4. The molecule has 186 valence electrons. The molecular weight excluding hydrogens is 440 g/mol. The Morgan fingerprint density at radius 2 is 1.68 bits per heavy atom. The third kappa shape index (κ3) is 7.64. The molecule has 1 aliphatic heterocycles. The molecule has 1 unspecified atom stereocenters. The van der Waals surface area contributed by atoms with Gasteiger partial charge in [-0.1, -0.05) is 82.2 Å². The largest absolute Gasteiger partial charge is 0.386 e. The van der Waals surface area contributed by atoms with E-state index >= 15 is 0 Å². The van der Waals surface area contributed by atoms with E-state index in [1.165, 1.54) is 36.0 Å². The second-order valence-corrected chi connectivity index (χ2v) is 11.2. The van der Waals surface area contributed by atoms with Crippen LogP contribution >= 0.6 is 0 Å². The number of ether oxygens (including phenoxy) is 1. The number of benzene rings is 2. The van der Waals surface area contributed by atoms with Crippen LogP contribution in [0.5, 0.6) is 0 Å². The molecule has 0 radical (unpaired) electrons. The second kappa shape index (κ2) is 13.6. The molecule has 1 fully saturated rings. The van der Waals surface area contributed by atoms with Crippen LogP contribution in [0.1, 0.15) is 81.9 Å². The van der Waals surface area contributed by atoms with Crippen LogP contribution < -0.4 is 5.73 Å². The van der Waals surface area contributed by atoms with E-state index in [1.54, 1.807) is 0 Å².